The molecule has 0 aliphatic carbocycles. The molecular formula is C14H17N3. The first-order chi connectivity index (χ1) is 8.28. The quantitative estimate of drug-likeness (QED) is 0.702. The van der Waals surface area contributed by atoms with E-state index in [1.807, 2.05) is 24.3 Å². The number of nitrogens with one attached hydrogen (secondary N) is 1. The fourth-order valence-corrected chi connectivity index (χ4v) is 1.60. The van der Waals surface area contributed by atoms with Crippen molar-refractivity contribution in [1.29, 1.82) is 0 Å². The van der Waals surface area contributed by atoms with E-state index in [2.05, 4.69) is 29.6 Å². The highest BCUT2D eigenvalue weighted by atomic mass is 14.9. The lowest BCUT2D eigenvalue weighted by molar-refractivity contribution is 1.06. The molecule has 0 saturated carbocycles. The fourth-order valence-electron chi connectivity index (χ4n) is 1.60. The van der Waals surface area contributed by atoms with Crippen LogP contribution in [-0.4, -0.2) is 0 Å². The van der Waals surface area contributed by atoms with Crippen molar-refractivity contribution in [1.82, 2.24) is 0 Å². The van der Waals surface area contributed by atoms with Gasteiger partial charge >= 0.3 is 0 Å². The Morgan fingerprint density at radius 2 is 1.41 bits per heavy atom. The van der Waals surface area contributed by atoms with E-state index in [4.69, 9.17) is 11.5 Å². The van der Waals surface area contributed by atoms with Crippen LogP contribution < -0.4 is 16.8 Å². The monoisotopic (exact) mass is 227 g/mol. The van der Waals surface area contributed by atoms with Gasteiger partial charge in [0.2, 0.25) is 0 Å². The predicted octanol–water partition coefficient (Wildman–Crippen LogP) is 2.34. The molecule has 2 aromatic carbocycles. The van der Waals surface area contributed by atoms with Crippen LogP contribution in [0.25, 0.3) is 0 Å². The standard InChI is InChI=1S/C14H17N3/c15-9-11-1-3-12(4-2-11)10-17-14-7-5-13(16)6-8-14/h1-8,17H,9-10,15-16H2. The summed E-state index contributed by atoms with van der Waals surface area (Å²) in [7, 11) is 0. The molecule has 3 heteroatoms. The van der Waals surface area contributed by atoms with Gasteiger partial charge in [0.15, 0.2) is 0 Å². The topological polar surface area (TPSA) is 64.1 Å². The highest BCUT2D eigenvalue weighted by Gasteiger charge is 1.95. The van der Waals surface area contributed by atoms with Crippen LogP contribution in [0, 0.1) is 0 Å². The molecule has 3 nitrogen and oxygen atoms in total. The minimum atomic E-state index is 0.589. The van der Waals surface area contributed by atoms with Crippen LogP contribution in [0.15, 0.2) is 48.5 Å². The first-order valence-corrected chi connectivity index (χ1v) is 5.65. The molecule has 0 aliphatic rings. The molecule has 2 rings (SSSR count). The minimum absolute atomic E-state index is 0.589. The third-order valence-corrected chi connectivity index (χ3v) is 2.67. The molecule has 2 aromatic rings. The van der Waals surface area contributed by atoms with Crippen LogP contribution in [0.1, 0.15) is 11.1 Å². The smallest absolute Gasteiger partial charge is 0.0400 e. The average Bonchev–Trinajstić information content (AvgIpc) is 2.39. The van der Waals surface area contributed by atoms with Crippen LogP contribution >= 0.6 is 0 Å². The SMILES string of the molecule is NCc1ccc(CNc2ccc(N)cc2)cc1. The molecule has 17 heavy (non-hydrogen) atoms. The van der Waals surface area contributed by atoms with E-state index in [0.717, 1.165) is 23.5 Å². The normalized spacial score (nSPS) is 10.2. The third kappa shape index (κ3) is 3.23. The Morgan fingerprint density at radius 1 is 0.824 bits per heavy atom. The van der Waals surface area contributed by atoms with Gasteiger partial charge in [-0.2, -0.15) is 0 Å². The summed E-state index contributed by atoms with van der Waals surface area (Å²) >= 11 is 0. The minimum Gasteiger partial charge on any atom is -0.399 e. The lowest BCUT2D eigenvalue weighted by Gasteiger charge is -2.07. The van der Waals surface area contributed by atoms with E-state index in [0.29, 0.717) is 6.54 Å². The third-order valence-electron chi connectivity index (χ3n) is 2.67. The maximum Gasteiger partial charge on any atom is 0.0400 e. The molecule has 88 valence electrons. The zero-order valence-corrected chi connectivity index (χ0v) is 9.69. The lowest BCUT2D eigenvalue weighted by atomic mass is 10.1. The maximum absolute atomic E-state index is 5.63. The predicted molar refractivity (Wildman–Crippen MR) is 72.5 cm³/mol. The zero-order valence-electron chi connectivity index (χ0n) is 9.69. The maximum atomic E-state index is 5.63. The van der Waals surface area contributed by atoms with Gasteiger partial charge in [-0.25, -0.2) is 0 Å². The Balaban J connectivity index is 1.95. The van der Waals surface area contributed by atoms with E-state index in [9.17, 15) is 0 Å². The molecule has 0 radical (unpaired) electrons. The Labute approximate surface area is 101 Å². The molecular weight excluding hydrogens is 210 g/mol. The first-order valence-electron chi connectivity index (χ1n) is 5.65. The number of hydrogen-bond acceptors (Lipinski definition) is 3. The van der Waals surface area contributed by atoms with Gasteiger partial charge in [0.05, 0.1) is 0 Å². The van der Waals surface area contributed by atoms with Crippen LogP contribution in [0.3, 0.4) is 0 Å². The second-order valence-corrected chi connectivity index (χ2v) is 4.00. The molecule has 5 N–H and O–H groups in total. The number of nitrogen functional groups attached to an aromatic ring is 1. The van der Waals surface area contributed by atoms with Crippen molar-refractivity contribution < 1.29 is 0 Å². The second kappa shape index (κ2) is 5.37. The molecule has 0 fully saturated rings. The molecule has 0 bridgehead atoms. The number of nitrogens with two attached hydrogens (primary N) is 2. The van der Waals surface area contributed by atoms with Crippen molar-refractivity contribution >= 4 is 11.4 Å². The van der Waals surface area contributed by atoms with Gasteiger partial charge in [0.1, 0.15) is 0 Å². The summed E-state index contributed by atoms with van der Waals surface area (Å²) < 4.78 is 0. The summed E-state index contributed by atoms with van der Waals surface area (Å²) in [6.45, 7) is 1.39. The van der Waals surface area contributed by atoms with Gasteiger partial charge in [-0.15, -0.1) is 0 Å². The van der Waals surface area contributed by atoms with Gasteiger partial charge in [0.25, 0.3) is 0 Å². The van der Waals surface area contributed by atoms with Crippen molar-refractivity contribution in [2.45, 2.75) is 13.1 Å². The van der Waals surface area contributed by atoms with Gasteiger partial charge in [-0.05, 0) is 35.4 Å². The number of rotatable bonds is 4. The van der Waals surface area contributed by atoms with E-state index in [1.165, 1.54) is 5.56 Å². The van der Waals surface area contributed by atoms with Crippen molar-refractivity contribution in [3.63, 3.8) is 0 Å². The first kappa shape index (κ1) is 11.5. The van der Waals surface area contributed by atoms with Crippen molar-refractivity contribution in [3.05, 3.63) is 59.7 Å². The van der Waals surface area contributed by atoms with Gasteiger partial charge in [-0.3, -0.25) is 0 Å². The van der Waals surface area contributed by atoms with Crippen LogP contribution in [0.5, 0.6) is 0 Å². The summed E-state index contributed by atoms with van der Waals surface area (Å²) in [5, 5.41) is 3.34. The van der Waals surface area contributed by atoms with E-state index >= 15 is 0 Å². The molecule has 0 saturated heterocycles. The highest BCUT2D eigenvalue weighted by Crippen LogP contribution is 2.12. The van der Waals surface area contributed by atoms with E-state index in [1.54, 1.807) is 0 Å². The zero-order chi connectivity index (χ0) is 12.1. The van der Waals surface area contributed by atoms with Crippen molar-refractivity contribution in [2.24, 2.45) is 5.73 Å². The summed E-state index contributed by atoms with van der Waals surface area (Å²) in [5.74, 6) is 0. The molecule has 0 aliphatic heterocycles. The van der Waals surface area contributed by atoms with Crippen molar-refractivity contribution in [2.75, 3.05) is 11.1 Å². The molecule has 0 unspecified atom stereocenters. The van der Waals surface area contributed by atoms with Crippen LogP contribution in [-0.2, 0) is 13.1 Å². The van der Waals surface area contributed by atoms with E-state index < -0.39 is 0 Å². The Kier molecular flexibility index (Phi) is 3.62. The Morgan fingerprint density at radius 3 is 2.00 bits per heavy atom. The summed E-state index contributed by atoms with van der Waals surface area (Å²) in [6.07, 6.45) is 0. The largest absolute Gasteiger partial charge is 0.399 e. The fraction of sp³-hybridized carbons (Fsp3) is 0.143. The molecule has 0 atom stereocenters. The molecule has 0 heterocycles. The Hall–Kier alpha value is -2.00. The van der Waals surface area contributed by atoms with Gasteiger partial charge in [-0.1, -0.05) is 24.3 Å². The average molecular weight is 227 g/mol. The number of hydrogen-bond donors (Lipinski definition) is 3. The summed E-state index contributed by atoms with van der Waals surface area (Å²) in [6, 6.07) is 16.0. The van der Waals surface area contributed by atoms with Crippen LogP contribution in [0.2, 0.25) is 0 Å². The molecule has 0 aromatic heterocycles. The lowest BCUT2D eigenvalue weighted by Crippen LogP contribution is -2.01. The Bertz CT molecular complexity index is 460. The van der Waals surface area contributed by atoms with Gasteiger partial charge < -0.3 is 16.8 Å². The molecule has 0 amide bonds. The second-order valence-electron chi connectivity index (χ2n) is 4.00. The summed E-state index contributed by atoms with van der Waals surface area (Å²) in [5.41, 5.74) is 15.4. The van der Waals surface area contributed by atoms with E-state index in [-0.39, 0.29) is 0 Å². The number of anilines is 2. The highest BCUT2D eigenvalue weighted by molar-refractivity contribution is 5.51. The van der Waals surface area contributed by atoms with Gasteiger partial charge in [0, 0.05) is 24.5 Å². The molecule has 0 spiro atoms. The van der Waals surface area contributed by atoms with Crippen LogP contribution in [0.4, 0.5) is 11.4 Å². The van der Waals surface area contributed by atoms with Crippen molar-refractivity contribution in [3.8, 4) is 0 Å². The summed E-state index contributed by atoms with van der Waals surface area (Å²) in [4.78, 5) is 0. The number of benzene rings is 2.